The van der Waals surface area contributed by atoms with Crippen LogP contribution < -0.4 is 0 Å². The number of phenolic OH excluding ortho intramolecular Hbond substituents is 2. The van der Waals surface area contributed by atoms with E-state index in [0.717, 1.165) is 15.6 Å². The molecule has 0 saturated carbocycles. The lowest BCUT2D eigenvalue weighted by atomic mass is 9.98. The SMILES string of the molecule is O=C(/C=C/c1cc(O)ccc1Br)CC(=O)/C=C/c1cc(O)ccc1-c1ccccc1. The summed E-state index contributed by atoms with van der Waals surface area (Å²) in [4.78, 5) is 24.4. The number of hydrogen-bond acceptors (Lipinski definition) is 4. The average Bonchev–Trinajstić information content (AvgIpc) is 2.73. The second-order valence-corrected chi connectivity index (χ2v) is 7.47. The van der Waals surface area contributed by atoms with Crippen molar-refractivity contribution in [3.8, 4) is 22.6 Å². The Morgan fingerprint density at radius 3 is 2.00 bits per heavy atom. The first-order chi connectivity index (χ1) is 14.4. The molecule has 5 heteroatoms. The molecule has 0 aliphatic rings. The molecule has 0 heterocycles. The first-order valence-corrected chi connectivity index (χ1v) is 10.0. The Bertz CT molecular complexity index is 1130. The molecule has 0 radical (unpaired) electrons. The summed E-state index contributed by atoms with van der Waals surface area (Å²) in [6.45, 7) is 0. The maximum Gasteiger partial charge on any atom is 0.163 e. The highest BCUT2D eigenvalue weighted by Crippen LogP contribution is 2.28. The Kier molecular flexibility index (Phi) is 6.99. The van der Waals surface area contributed by atoms with Crippen LogP contribution in [0.5, 0.6) is 11.5 Å². The first kappa shape index (κ1) is 21.3. The first-order valence-electron chi connectivity index (χ1n) is 9.21. The van der Waals surface area contributed by atoms with Gasteiger partial charge < -0.3 is 10.2 Å². The zero-order chi connectivity index (χ0) is 21.5. The van der Waals surface area contributed by atoms with Crippen LogP contribution in [0.2, 0.25) is 0 Å². The molecule has 30 heavy (non-hydrogen) atoms. The van der Waals surface area contributed by atoms with Crippen LogP contribution in [0.3, 0.4) is 0 Å². The van der Waals surface area contributed by atoms with Gasteiger partial charge in [0.15, 0.2) is 11.6 Å². The fraction of sp³-hybridized carbons (Fsp3) is 0.0400. The van der Waals surface area contributed by atoms with Gasteiger partial charge in [-0.2, -0.15) is 0 Å². The Morgan fingerprint density at radius 1 is 0.767 bits per heavy atom. The molecule has 0 unspecified atom stereocenters. The molecule has 3 aromatic rings. The number of rotatable bonds is 7. The van der Waals surface area contributed by atoms with Gasteiger partial charge in [-0.3, -0.25) is 9.59 Å². The van der Waals surface area contributed by atoms with Crippen molar-refractivity contribution in [2.24, 2.45) is 0 Å². The van der Waals surface area contributed by atoms with E-state index in [2.05, 4.69) is 15.9 Å². The topological polar surface area (TPSA) is 74.6 Å². The molecule has 150 valence electrons. The van der Waals surface area contributed by atoms with Crippen molar-refractivity contribution in [3.63, 3.8) is 0 Å². The summed E-state index contributed by atoms with van der Waals surface area (Å²) in [6, 6.07) is 19.3. The van der Waals surface area contributed by atoms with Crippen LogP contribution in [0.4, 0.5) is 0 Å². The van der Waals surface area contributed by atoms with Gasteiger partial charge in [0, 0.05) is 4.47 Å². The average molecular weight is 463 g/mol. The van der Waals surface area contributed by atoms with Crippen LogP contribution in [0.25, 0.3) is 23.3 Å². The van der Waals surface area contributed by atoms with Crippen LogP contribution in [0, 0.1) is 0 Å². The van der Waals surface area contributed by atoms with E-state index in [1.807, 2.05) is 30.3 Å². The van der Waals surface area contributed by atoms with E-state index in [-0.39, 0.29) is 29.5 Å². The second kappa shape index (κ2) is 9.85. The summed E-state index contributed by atoms with van der Waals surface area (Å²) in [5, 5.41) is 19.3. The minimum atomic E-state index is -0.348. The third-order valence-electron chi connectivity index (χ3n) is 4.35. The van der Waals surface area contributed by atoms with E-state index in [4.69, 9.17) is 0 Å². The zero-order valence-electron chi connectivity index (χ0n) is 16.0. The molecule has 3 rings (SSSR count). The largest absolute Gasteiger partial charge is 0.508 e. The van der Waals surface area contributed by atoms with Crippen LogP contribution >= 0.6 is 15.9 Å². The molecule has 2 N–H and O–H groups in total. The van der Waals surface area contributed by atoms with E-state index in [0.29, 0.717) is 11.1 Å². The van der Waals surface area contributed by atoms with Crippen LogP contribution in [0.1, 0.15) is 17.5 Å². The van der Waals surface area contributed by atoms with Crippen molar-refractivity contribution < 1.29 is 19.8 Å². The molecular formula is C25H19BrO4. The van der Waals surface area contributed by atoms with E-state index in [1.54, 1.807) is 36.4 Å². The number of phenols is 2. The van der Waals surface area contributed by atoms with Crippen LogP contribution in [-0.2, 0) is 9.59 Å². The molecule has 0 fully saturated rings. The minimum absolute atomic E-state index is 0.0876. The smallest absolute Gasteiger partial charge is 0.163 e. The summed E-state index contributed by atoms with van der Waals surface area (Å²) in [5.41, 5.74) is 3.15. The van der Waals surface area contributed by atoms with Gasteiger partial charge in [-0.1, -0.05) is 64.5 Å². The molecule has 3 aromatic carbocycles. The van der Waals surface area contributed by atoms with Gasteiger partial charge >= 0.3 is 0 Å². The van der Waals surface area contributed by atoms with Gasteiger partial charge in [-0.05, 0) is 64.7 Å². The fourth-order valence-electron chi connectivity index (χ4n) is 2.88. The molecule has 0 aromatic heterocycles. The maximum atomic E-state index is 12.2. The molecule has 0 bridgehead atoms. The van der Waals surface area contributed by atoms with E-state index < -0.39 is 0 Å². The van der Waals surface area contributed by atoms with Gasteiger partial charge in [-0.15, -0.1) is 0 Å². The summed E-state index contributed by atoms with van der Waals surface area (Å²) < 4.78 is 0.730. The number of ketones is 2. The summed E-state index contributed by atoms with van der Waals surface area (Å²) in [5.74, 6) is -0.511. The maximum absolute atomic E-state index is 12.2. The third kappa shape index (κ3) is 5.78. The molecule has 0 aliphatic heterocycles. The van der Waals surface area contributed by atoms with Crippen molar-refractivity contribution in [2.75, 3.05) is 0 Å². The van der Waals surface area contributed by atoms with Crippen LogP contribution in [0.15, 0.2) is 83.4 Å². The Labute approximate surface area is 183 Å². The number of carbonyl (C=O) groups excluding carboxylic acids is 2. The minimum Gasteiger partial charge on any atom is -0.508 e. The van der Waals surface area contributed by atoms with Crippen molar-refractivity contribution >= 4 is 39.6 Å². The molecule has 0 saturated heterocycles. The lowest BCUT2D eigenvalue weighted by molar-refractivity contribution is -0.121. The highest BCUT2D eigenvalue weighted by Gasteiger charge is 2.07. The van der Waals surface area contributed by atoms with Crippen LogP contribution in [-0.4, -0.2) is 21.8 Å². The number of benzene rings is 3. The molecule has 0 spiro atoms. The Balaban J connectivity index is 1.70. The van der Waals surface area contributed by atoms with E-state index >= 15 is 0 Å². The number of allylic oxidation sites excluding steroid dienone is 2. The quantitative estimate of drug-likeness (QED) is 0.344. The lowest BCUT2D eigenvalue weighted by Gasteiger charge is -2.07. The summed E-state index contributed by atoms with van der Waals surface area (Å²) in [7, 11) is 0. The van der Waals surface area contributed by atoms with Gasteiger partial charge in [0.05, 0.1) is 6.42 Å². The zero-order valence-corrected chi connectivity index (χ0v) is 17.5. The Morgan fingerprint density at radius 2 is 1.33 bits per heavy atom. The summed E-state index contributed by atoms with van der Waals surface area (Å²) >= 11 is 3.34. The molecule has 0 atom stereocenters. The van der Waals surface area contributed by atoms with Gasteiger partial charge in [0.2, 0.25) is 0 Å². The van der Waals surface area contributed by atoms with Gasteiger partial charge in [0.25, 0.3) is 0 Å². The number of halogens is 1. The van der Waals surface area contributed by atoms with E-state index in [1.165, 1.54) is 24.3 Å². The predicted octanol–water partition coefficient (Wildman–Crippen LogP) is 5.78. The van der Waals surface area contributed by atoms with E-state index in [9.17, 15) is 19.8 Å². The standard InChI is InChI=1S/C25H19BrO4/c26-25-13-11-21(28)15-19(25)7-9-23(30)16-22(29)8-6-18-14-20(27)10-12-24(18)17-4-2-1-3-5-17/h1-15,27-28H,16H2/b8-6+,9-7+. The number of hydrogen-bond donors (Lipinski definition) is 2. The monoisotopic (exact) mass is 462 g/mol. The second-order valence-electron chi connectivity index (χ2n) is 6.62. The van der Waals surface area contributed by atoms with Crippen molar-refractivity contribution in [2.45, 2.75) is 6.42 Å². The molecule has 0 amide bonds. The van der Waals surface area contributed by atoms with Gasteiger partial charge in [-0.25, -0.2) is 0 Å². The van der Waals surface area contributed by atoms with Crippen molar-refractivity contribution in [1.82, 2.24) is 0 Å². The molecule has 4 nitrogen and oxygen atoms in total. The normalized spacial score (nSPS) is 11.2. The Hall–Kier alpha value is -3.44. The number of carbonyl (C=O) groups is 2. The lowest BCUT2D eigenvalue weighted by Crippen LogP contribution is -2.02. The number of aromatic hydroxyl groups is 2. The van der Waals surface area contributed by atoms with Crippen molar-refractivity contribution in [3.05, 3.63) is 94.5 Å². The van der Waals surface area contributed by atoms with Gasteiger partial charge in [0.1, 0.15) is 11.5 Å². The fourth-order valence-corrected chi connectivity index (χ4v) is 3.26. The molecule has 0 aliphatic carbocycles. The third-order valence-corrected chi connectivity index (χ3v) is 5.07. The predicted molar refractivity (Wildman–Crippen MR) is 122 cm³/mol. The van der Waals surface area contributed by atoms with Crippen molar-refractivity contribution in [1.29, 1.82) is 0 Å². The molecular weight excluding hydrogens is 444 g/mol. The summed E-state index contributed by atoms with van der Waals surface area (Å²) in [6.07, 6.45) is 5.54. The highest BCUT2D eigenvalue weighted by atomic mass is 79.9. The highest BCUT2D eigenvalue weighted by molar-refractivity contribution is 9.10.